The standard InChI is InChI=1S/C16H27N3O2/c1-4-18-15(21)12-6-7-14(13(17)10-12)19-11-16(2,3)8-5-9-20/h6-7,10,19-20H,4-5,8-9,11,17H2,1-3H3,(H,18,21). The largest absolute Gasteiger partial charge is 0.397 e. The first-order chi connectivity index (χ1) is 9.89. The lowest BCUT2D eigenvalue weighted by Crippen LogP contribution is -2.24. The molecule has 0 radical (unpaired) electrons. The van der Waals surface area contributed by atoms with E-state index in [-0.39, 0.29) is 17.9 Å². The van der Waals surface area contributed by atoms with E-state index >= 15 is 0 Å². The molecule has 0 aliphatic rings. The van der Waals surface area contributed by atoms with Gasteiger partial charge in [-0.3, -0.25) is 4.79 Å². The quantitative estimate of drug-likeness (QED) is 0.554. The summed E-state index contributed by atoms with van der Waals surface area (Å²) in [6, 6.07) is 5.29. The molecule has 5 N–H and O–H groups in total. The van der Waals surface area contributed by atoms with E-state index in [1.54, 1.807) is 12.1 Å². The summed E-state index contributed by atoms with van der Waals surface area (Å²) in [7, 11) is 0. The molecular weight excluding hydrogens is 266 g/mol. The Morgan fingerprint density at radius 2 is 2.10 bits per heavy atom. The summed E-state index contributed by atoms with van der Waals surface area (Å²) in [5, 5.41) is 15.0. The van der Waals surface area contributed by atoms with Crippen molar-refractivity contribution in [3.63, 3.8) is 0 Å². The Balaban J connectivity index is 2.66. The molecular formula is C16H27N3O2. The molecule has 1 aromatic rings. The average Bonchev–Trinajstić information content (AvgIpc) is 2.44. The van der Waals surface area contributed by atoms with Crippen LogP contribution < -0.4 is 16.4 Å². The second-order valence-electron chi connectivity index (χ2n) is 6.01. The fourth-order valence-corrected chi connectivity index (χ4v) is 2.11. The monoisotopic (exact) mass is 293 g/mol. The van der Waals surface area contributed by atoms with Crippen LogP contribution in [-0.4, -0.2) is 30.7 Å². The van der Waals surface area contributed by atoms with Gasteiger partial charge in [0.05, 0.1) is 11.4 Å². The molecule has 5 heteroatoms. The lowest BCUT2D eigenvalue weighted by atomic mass is 9.88. The number of aliphatic hydroxyl groups excluding tert-OH is 1. The van der Waals surface area contributed by atoms with Crippen molar-refractivity contribution < 1.29 is 9.90 Å². The van der Waals surface area contributed by atoms with Gasteiger partial charge in [0.1, 0.15) is 0 Å². The van der Waals surface area contributed by atoms with E-state index < -0.39 is 0 Å². The minimum Gasteiger partial charge on any atom is -0.397 e. The maximum Gasteiger partial charge on any atom is 0.251 e. The third kappa shape index (κ3) is 5.63. The van der Waals surface area contributed by atoms with Gasteiger partial charge in [0.15, 0.2) is 0 Å². The Hall–Kier alpha value is -1.75. The van der Waals surface area contributed by atoms with E-state index in [9.17, 15) is 4.79 Å². The van der Waals surface area contributed by atoms with Crippen LogP contribution in [0.4, 0.5) is 11.4 Å². The average molecular weight is 293 g/mol. The summed E-state index contributed by atoms with van der Waals surface area (Å²) in [5.41, 5.74) is 8.05. The number of benzene rings is 1. The third-order valence-corrected chi connectivity index (χ3v) is 3.42. The minimum absolute atomic E-state index is 0.0768. The Kier molecular flexibility index (Phi) is 6.49. The molecule has 118 valence electrons. The number of nitrogens with one attached hydrogen (secondary N) is 2. The van der Waals surface area contributed by atoms with E-state index in [1.165, 1.54) is 0 Å². The van der Waals surface area contributed by atoms with Crippen LogP contribution in [0.15, 0.2) is 18.2 Å². The molecule has 0 saturated heterocycles. The molecule has 0 aromatic heterocycles. The number of nitrogens with two attached hydrogens (primary N) is 1. The fraction of sp³-hybridized carbons (Fsp3) is 0.562. The van der Waals surface area contributed by atoms with Gasteiger partial charge in [-0.25, -0.2) is 0 Å². The highest BCUT2D eigenvalue weighted by molar-refractivity contribution is 5.96. The van der Waals surface area contributed by atoms with Crippen molar-refractivity contribution >= 4 is 17.3 Å². The van der Waals surface area contributed by atoms with Gasteiger partial charge in [-0.2, -0.15) is 0 Å². The van der Waals surface area contributed by atoms with E-state index in [4.69, 9.17) is 10.8 Å². The molecule has 0 fully saturated rings. The molecule has 1 aromatic carbocycles. The number of hydrogen-bond donors (Lipinski definition) is 4. The van der Waals surface area contributed by atoms with Crippen molar-refractivity contribution in [1.82, 2.24) is 5.32 Å². The Morgan fingerprint density at radius 1 is 1.38 bits per heavy atom. The zero-order chi connectivity index (χ0) is 15.9. The summed E-state index contributed by atoms with van der Waals surface area (Å²) >= 11 is 0. The molecule has 21 heavy (non-hydrogen) atoms. The molecule has 0 aliphatic carbocycles. The van der Waals surface area contributed by atoms with Gasteiger partial charge < -0.3 is 21.5 Å². The minimum atomic E-state index is -0.112. The number of hydrogen-bond acceptors (Lipinski definition) is 4. The van der Waals surface area contributed by atoms with Crippen LogP contribution >= 0.6 is 0 Å². The number of carbonyl (C=O) groups is 1. The van der Waals surface area contributed by atoms with Crippen molar-refractivity contribution in [2.75, 3.05) is 30.7 Å². The zero-order valence-electron chi connectivity index (χ0n) is 13.2. The number of anilines is 2. The lowest BCUT2D eigenvalue weighted by Gasteiger charge is -2.25. The third-order valence-electron chi connectivity index (χ3n) is 3.42. The van der Waals surface area contributed by atoms with Gasteiger partial charge in [-0.1, -0.05) is 13.8 Å². The number of amides is 1. The van der Waals surface area contributed by atoms with Crippen LogP contribution in [0.2, 0.25) is 0 Å². The molecule has 0 aliphatic heterocycles. The molecule has 0 heterocycles. The van der Waals surface area contributed by atoms with Crippen molar-refractivity contribution in [3.8, 4) is 0 Å². The summed E-state index contributed by atoms with van der Waals surface area (Å²) in [6.45, 7) is 7.75. The first-order valence-corrected chi connectivity index (χ1v) is 7.42. The smallest absolute Gasteiger partial charge is 0.251 e. The fourth-order valence-electron chi connectivity index (χ4n) is 2.11. The second-order valence-corrected chi connectivity index (χ2v) is 6.01. The molecule has 0 unspecified atom stereocenters. The SMILES string of the molecule is CCNC(=O)c1ccc(NCC(C)(C)CCCO)c(N)c1. The first-order valence-electron chi connectivity index (χ1n) is 7.42. The highest BCUT2D eigenvalue weighted by Crippen LogP contribution is 2.25. The van der Waals surface area contributed by atoms with Gasteiger partial charge in [-0.05, 0) is 43.4 Å². The van der Waals surface area contributed by atoms with Crippen LogP contribution in [0.1, 0.15) is 44.0 Å². The molecule has 5 nitrogen and oxygen atoms in total. The van der Waals surface area contributed by atoms with Crippen molar-refractivity contribution in [2.45, 2.75) is 33.6 Å². The first kappa shape index (κ1) is 17.3. The number of carbonyl (C=O) groups excluding carboxylic acids is 1. The maximum absolute atomic E-state index is 11.7. The van der Waals surface area contributed by atoms with Crippen LogP contribution in [0.25, 0.3) is 0 Å². The molecule has 0 bridgehead atoms. The van der Waals surface area contributed by atoms with Crippen molar-refractivity contribution in [3.05, 3.63) is 23.8 Å². The lowest BCUT2D eigenvalue weighted by molar-refractivity contribution is 0.0956. The molecule has 0 atom stereocenters. The highest BCUT2D eigenvalue weighted by Gasteiger charge is 2.17. The van der Waals surface area contributed by atoms with Gasteiger partial charge >= 0.3 is 0 Å². The van der Waals surface area contributed by atoms with Crippen molar-refractivity contribution in [1.29, 1.82) is 0 Å². The summed E-state index contributed by atoms with van der Waals surface area (Å²) < 4.78 is 0. The van der Waals surface area contributed by atoms with E-state index in [1.807, 2.05) is 13.0 Å². The van der Waals surface area contributed by atoms with Crippen LogP contribution in [-0.2, 0) is 0 Å². The topological polar surface area (TPSA) is 87.4 Å². The van der Waals surface area contributed by atoms with E-state index in [0.29, 0.717) is 17.8 Å². The maximum atomic E-state index is 11.7. The van der Waals surface area contributed by atoms with Crippen LogP contribution in [0.3, 0.4) is 0 Å². The predicted octanol–water partition coefficient (Wildman–Crippen LogP) is 2.23. The van der Waals surface area contributed by atoms with Gasteiger partial charge in [0.2, 0.25) is 0 Å². The Morgan fingerprint density at radius 3 is 2.67 bits per heavy atom. The Bertz CT molecular complexity index is 473. The molecule has 1 amide bonds. The van der Waals surface area contributed by atoms with Gasteiger partial charge in [0, 0.05) is 25.3 Å². The number of nitrogen functional groups attached to an aromatic ring is 1. The molecule has 1 rings (SSSR count). The summed E-state index contributed by atoms with van der Waals surface area (Å²) in [4.78, 5) is 11.7. The molecule has 0 saturated carbocycles. The van der Waals surface area contributed by atoms with E-state index in [0.717, 1.165) is 25.1 Å². The van der Waals surface area contributed by atoms with Crippen LogP contribution in [0, 0.1) is 5.41 Å². The number of aliphatic hydroxyl groups is 1. The predicted molar refractivity (Wildman–Crippen MR) is 87.5 cm³/mol. The second kappa shape index (κ2) is 7.88. The van der Waals surface area contributed by atoms with Crippen LogP contribution in [0.5, 0.6) is 0 Å². The Labute approximate surface area is 126 Å². The van der Waals surface area contributed by atoms with E-state index in [2.05, 4.69) is 24.5 Å². The normalized spacial score (nSPS) is 11.2. The molecule has 0 spiro atoms. The van der Waals surface area contributed by atoms with Gasteiger partial charge in [0.25, 0.3) is 5.91 Å². The summed E-state index contributed by atoms with van der Waals surface area (Å²) in [6.07, 6.45) is 1.73. The van der Waals surface area contributed by atoms with Gasteiger partial charge in [-0.15, -0.1) is 0 Å². The number of rotatable bonds is 8. The summed E-state index contributed by atoms with van der Waals surface area (Å²) in [5.74, 6) is -0.112. The highest BCUT2D eigenvalue weighted by atomic mass is 16.2. The van der Waals surface area contributed by atoms with Crippen molar-refractivity contribution in [2.24, 2.45) is 5.41 Å². The zero-order valence-corrected chi connectivity index (χ0v) is 13.2.